The molecule has 0 aromatic carbocycles. The molecular formula is C32H52O3. The van der Waals surface area contributed by atoms with Gasteiger partial charge in [-0.3, -0.25) is 0 Å². The highest BCUT2D eigenvalue weighted by Gasteiger charge is 2.71. The zero-order valence-corrected chi connectivity index (χ0v) is 23.5. The average Bonchev–Trinajstić information content (AvgIpc) is 3.23. The van der Waals surface area contributed by atoms with Crippen LogP contribution in [0.25, 0.3) is 0 Å². The second-order valence-electron chi connectivity index (χ2n) is 14.7. The van der Waals surface area contributed by atoms with Gasteiger partial charge in [0.25, 0.3) is 0 Å². The minimum absolute atomic E-state index is 0.0990. The van der Waals surface area contributed by atoms with Gasteiger partial charge in [0, 0.05) is 10.8 Å². The predicted molar refractivity (Wildman–Crippen MR) is 143 cm³/mol. The molecule has 3 heteroatoms. The first-order valence-electron chi connectivity index (χ1n) is 14.5. The molecule has 0 bridgehead atoms. The van der Waals surface area contributed by atoms with E-state index in [1.165, 1.54) is 50.5 Å². The molecule has 0 aliphatic heterocycles. The van der Waals surface area contributed by atoms with Crippen molar-refractivity contribution in [3.8, 4) is 0 Å². The van der Waals surface area contributed by atoms with E-state index < -0.39 is 0 Å². The molecule has 5 fully saturated rings. The largest absolute Gasteiger partial charge is 0.501 e. The fourth-order valence-corrected chi connectivity index (χ4v) is 11.8. The molecule has 0 radical (unpaired) electrons. The van der Waals surface area contributed by atoms with Crippen LogP contribution in [0.3, 0.4) is 0 Å². The maximum Gasteiger partial charge on any atom is 0.0948 e. The Hall–Kier alpha value is -0.800. The van der Waals surface area contributed by atoms with Gasteiger partial charge in [-0.2, -0.15) is 0 Å². The van der Waals surface area contributed by atoms with Crippen molar-refractivity contribution in [2.75, 3.05) is 13.7 Å². The second kappa shape index (κ2) is 8.10. The number of hydrogen-bond acceptors (Lipinski definition) is 3. The van der Waals surface area contributed by atoms with Gasteiger partial charge in [0.15, 0.2) is 0 Å². The average molecular weight is 485 g/mol. The van der Waals surface area contributed by atoms with Crippen LogP contribution in [0.15, 0.2) is 24.5 Å². The summed E-state index contributed by atoms with van der Waals surface area (Å²) in [6.07, 6.45) is 11.3. The Bertz CT molecular complexity index is 895. The van der Waals surface area contributed by atoms with Crippen LogP contribution in [0.2, 0.25) is 0 Å². The smallest absolute Gasteiger partial charge is 0.0948 e. The topological polar surface area (TPSA) is 49.7 Å². The monoisotopic (exact) mass is 484 g/mol. The Morgan fingerprint density at radius 3 is 2.20 bits per heavy atom. The summed E-state index contributed by atoms with van der Waals surface area (Å²) in [6.45, 7) is 21.3. The standard InChI is InChI=1S/C32H52O3/c1-20(2)22-11-16-32(21(3)35-8)18-17-30(6)23(27(22)32)9-10-25-28(4)14-13-26(34)29(5,19-33)24(28)12-15-31(25,30)7/h22-27,33-34H,1,3,9-19H2,2,4-8H3/t22-,23?,24+,25?,26-,27?,28-,29-,30+,31+,32+/m0/s1. The van der Waals surface area contributed by atoms with Crippen molar-refractivity contribution < 1.29 is 14.9 Å². The van der Waals surface area contributed by atoms with Crippen LogP contribution in [0.5, 0.6) is 0 Å². The molecular weight excluding hydrogens is 432 g/mol. The van der Waals surface area contributed by atoms with Crippen molar-refractivity contribution in [1.29, 1.82) is 0 Å². The fourth-order valence-electron chi connectivity index (χ4n) is 11.8. The first-order chi connectivity index (χ1) is 16.4. The Balaban J connectivity index is 1.56. The van der Waals surface area contributed by atoms with Gasteiger partial charge >= 0.3 is 0 Å². The van der Waals surface area contributed by atoms with Crippen molar-refractivity contribution in [3.63, 3.8) is 0 Å². The molecule has 5 saturated carbocycles. The summed E-state index contributed by atoms with van der Waals surface area (Å²) in [6, 6.07) is 0. The van der Waals surface area contributed by atoms with E-state index in [2.05, 4.69) is 47.8 Å². The summed E-state index contributed by atoms with van der Waals surface area (Å²) in [7, 11) is 1.83. The van der Waals surface area contributed by atoms with Crippen LogP contribution < -0.4 is 0 Å². The van der Waals surface area contributed by atoms with E-state index in [1.807, 2.05) is 7.11 Å². The molecule has 2 N–H and O–H groups in total. The number of ether oxygens (including phenoxy) is 1. The first kappa shape index (κ1) is 25.8. The lowest BCUT2D eigenvalue weighted by molar-refractivity contribution is -0.253. The highest BCUT2D eigenvalue weighted by Crippen LogP contribution is 2.78. The Morgan fingerprint density at radius 1 is 0.857 bits per heavy atom. The van der Waals surface area contributed by atoms with Crippen LogP contribution in [-0.2, 0) is 4.74 Å². The summed E-state index contributed by atoms with van der Waals surface area (Å²) in [4.78, 5) is 0. The van der Waals surface area contributed by atoms with E-state index in [0.29, 0.717) is 29.6 Å². The third-order valence-corrected chi connectivity index (χ3v) is 14.0. The molecule has 0 aromatic rings. The van der Waals surface area contributed by atoms with Gasteiger partial charge in [-0.1, -0.05) is 46.4 Å². The number of methoxy groups -OCH3 is 1. The van der Waals surface area contributed by atoms with Gasteiger partial charge in [0.1, 0.15) is 0 Å². The quantitative estimate of drug-likeness (QED) is 0.329. The lowest BCUT2D eigenvalue weighted by Crippen LogP contribution is -2.67. The molecule has 35 heavy (non-hydrogen) atoms. The number of fused-ring (bicyclic) bond motifs is 7. The molecule has 0 aromatic heterocycles. The summed E-state index contributed by atoms with van der Waals surface area (Å²) in [5.41, 5.74) is 1.84. The van der Waals surface area contributed by atoms with Crippen LogP contribution >= 0.6 is 0 Å². The number of aliphatic hydroxyl groups is 2. The van der Waals surface area contributed by atoms with Crippen molar-refractivity contribution in [3.05, 3.63) is 24.5 Å². The molecule has 5 aliphatic rings. The lowest BCUT2D eigenvalue weighted by Gasteiger charge is -2.73. The highest BCUT2D eigenvalue weighted by atomic mass is 16.5. The molecule has 3 nitrogen and oxygen atoms in total. The molecule has 0 amide bonds. The maximum atomic E-state index is 11.0. The molecule has 0 heterocycles. The van der Waals surface area contributed by atoms with Gasteiger partial charge in [-0.05, 0) is 117 Å². The van der Waals surface area contributed by atoms with Crippen molar-refractivity contribution in [2.24, 2.45) is 56.7 Å². The molecule has 5 aliphatic carbocycles. The highest BCUT2D eigenvalue weighted by molar-refractivity contribution is 5.25. The van der Waals surface area contributed by atoms with Crippen LogP contribution in [0, 0.1) is 56.7 Å². The van der Waals surface area contributed by atoms with Gasteiger partial charge in [-0.25, -0.2) is 0 Å². The fraction of sp³-hybridized carbons (Fsp3) is 0.875. The van der Waals surface area contributed by atoms with Gasteiger partial charge in [0.05, 0.1) is 25.6 Å². The molecule has 0 spiro atoms. The Morgan fingerprint density at radius 2 is 1.57 bits per heavy atom. The second-order valence-corrected chi connectivity index (χ2v) is 14.7. The van der Waals surface area contributed by atoms with E-state index in [4.69, 9.17) is 4.74 Å². The third-order valence-electron chi connectivity index (χ3n) is 14.0. The minimum atomic E-state index is -0.382. The van der Waals surface area contributed by atoms with E-state index >= 15 is 0 Å². The SMILES string of the molecule is C=C(C)[C@@H]1CC[C@]2(C(=C)OC)CC[C@]3(C)C(CCC4[C@@]5(C)CC[C@H](O)[C@@](C)(CO)[C@@H]5CC[C@]43C)C12. The summed E-state index contributed by atoms with van der Waals surface area (Å²) in [5, 5.41) is 21.5. The number of rotatable bonds is 4. The van der Waals surface area contributed by atoms with Crippen LogP contribution in [-0.4, -0.2) is 30.0 Å². The van der Waals surface area contributed by atoms with Gasteiger partial charge in [0.2, 0.25) is 0 Å². The van der Waals surface area contributed by atoms with Gasteiger partial charge < -0.3 is 14.9 Å². The van der Waals surface area contributed by atoms with E-state index in [1.54, 1.807) is 0 Å². The zero-order chi connectivity index (χ0) is 25.6. The normalized spacial score (nSPS) is 55.2. The number of aliphatic hydroxyl groups excluding tert-OH is 2. The molecule has 0 saturated heterocycles. The Labute approximate surface area is 214 Å². The molecule has 3 unspecified atom stereocenters. The first-order valence-corrected chi connectivity index (χ1v) is 14.5. The van der Waals surface area contributed by atoms with E-state index in [-0.39, 0.29) is 39.8 Å². The summed E-state index contributed by atoms with van der Waals surface area (Å²) >= 11 is 0. The van der Waals surface area contributed by atoms with Gasteiger partial charge in [-0.15, -0.1) is 0 Å². The lowest BCUT2D eigenvalue weighted by atomic mass is 9.32. The summed E-state index contributed by atoms with van der Waals surface area (Å²) < 4.78 is 5.93. The molecule has 5 rings (SSSR count). The summed E-state index contributed by atoms with van der Waals surface area (Å²) in [5.74, 6) is 3.90. The third kappa shape index (κ3) is 3.03. The number of hydrogen-bond donors (Lipinski definition) is 2. The molecule has 198 valence electrons. The van der Waals surface area contributed by atoms with E-state index in [9.17, 15) is 10.2 Å². The predicted octanol–water partition coefficient (Wildman–Crippen LogP) is 7.14. The minimum Gasteiger partial charge on any atom is -0.501 e. The van der Waals surface area contributed by atoms with Crippen LogP contribution in [0.4, 0.5) is 0 Å². The number of allylic oxidation sites excluding steroid dienone is 2. The van der Waals surface area contributed by atoms with E-state index in [0.717, 1.165) is 25.0 Å². The zero-order valence-electron chi connectivity index (χ0n) is 23.5. The van der Waals surface area contributed by atoms with Crippen molar-refractivity contribution in [2.45, 2.75) is 105 Å². The maximum absolute atomic E-state index is 11.0. The molecule has 11 atom stereocenters. The van der Waals surface area contributed by atoms with Crippen LogP contribution in [0.1, 0.15) is 98.8 Å². The van der Waals surface area contributed by atoms with Crippen molar-refractivity contribution in [1.82, 2.24) is 0 Å². The van der Waals surface area contributed by atoms with Crippen molar-refractivity contribution >= 4 is 0 Å². The Kier molecular flexibility index (Phi) is 5.98.